The summed E-state index contributed by atoms with van der Waals surface area (Å²) in [7, 11) is 11.3. The molecule has 28 nitrogen and oxygen atoms in total. The van der Waals surface area contributed by atoms with Crippen LogP contribution in [0.2, 0.25) is 0 Å². The van der Waals surface area contributed by atoms with E-state index < -0.39 is 252 Å². The number of aromatic hydroxyl groups is 4. The van der Waals surface area contributed by atoms with Crippen LogP contribution in [0.1, 0.15) is 134 Å². The molecule has 4 heterocycles. The van der Waals surface area contributed by atoms with Gasteiger partial charge in [-0.05, 0) is 105 Å². The molecule has 4 aliphatic carbocycles. The monoisotopic (exact) mass is 1350 g/mol. The summed E-state index contributed by atoms with van der Waals surface area (Å²) in [5.74, 6) is -11.7. The van der Waals surface area contributed by atoms with Crippen LogP contribution < -0.4 is 16.2 Å². The highest BCUT2D eigenvalue weighted by Crippen LogP contribution is 2.65. The van der Waals surface area contributed by atoms with Crippen molar-refractivity contribution < 1.29 is 112 Å². The fourth-order valence-corrected chi connectivity index (χ4v) is 17.4. The van der Waals surface area contributed by atoms with Crippen molar-refractivity contribution in [1.29, 1.82) is 0 Å². The van der Waals surface area contributed by atoms with Crippen molar-refractivity contribution in [1.82, 2.24) is 9.80 Å². The van der Waals surface area contributed by atoms with Gasteiger partial charge in [-0.15, -0.1) is 0 Å². The first kappa shape index (κ1) is 70.1. The average molecular weight is 1350 g/mol. The number of ether oxygens (including phenoxy) is 11. The second-order valence-corrected chi connectivity index (χ2v) is 27.2. The number of carbonyl (C=O) groups is 3. The van der Waals surface area contributed by atoms with Crippen molar-refractivity contribution >= 4 is 50.5 Å². The molecule has 0 unspecified atom stereocenters. The normalized spacial score (nSPS) is 36.7. The van der Waals surface area contributed by atoms with Crippen LogP contribution in [-0.2, 0) is 52.1 Å². The fraction of sp³-hybridized carbons (Fsp3) is 0.594. The molecule has 524 valence electrons. The van der Waals surface area contributed by atoms with Crippen LogP contribution in [-0.4, -0.2) is 238 Å². The molecule has 8 aliphatic rings. The molecule has 28 heteroatoms. The van der Waals surface area contributed by atoms with E-state index >= 15 is 4.79 Å². The maximum absolute atomic E-state index is 17.9. The van der Waals surface area contributed by atoms with Crippen molar-refractivity contribution in [3.05, 3.63) is 100 Å². The summed E-state index contributed by atoms with van der Waals surface area (Å²) in [5.41, 5.74) is 1.38. The number of methoxy groups -OCH3 is 3. The summed E-state index contributed by atoms with van der Waals surface area (Å²) in [6.07, 6.45) is -17.9. The maximum Gasteiger partial charge on any atom is 0.333 e. The van der Waals surface area contributed by atoms with E-state index in [1.165, 1.54) is 27.4 Å². The summed E-state index contributed by atoms with van der Waals surface area (Å²) in [6.45, 7) is 9.90. The van der Waals surface area contributed by atoms with E-state index in [1.54, 1.807) is 79.5 Å². The highest BCUT2D eigenvalue weighted by Gasteiger charge is 2.71. The van der Waals surface area contributed by atoms with Gasteiger partial charge in [-0.3, -0.25) is 24.0 Å². The highest BCUT2D eigenvalue weighted by atomic mass is 16.7. The van der Waals surface area contributed by atoms with Crippen LogP contribution >= 0.6 is 0 Å². The predicted octanol–water partition coefficient (Wildman–Crippen LogP) is 3.59. The third kappa shape index (κ3) is 10.8. The molecule has 4 aromatic carbocycles. The Kier molecular flexibility index (Phi) is 18.8. The number of phenols is 4. The van der Waals surface area contributed by atoms with E-state index in [2.05, 4.69) is 4.79 Å². The van der Waals surface area contributed by atoms with Crippen LogP contribution in [0.25, 0.3) is 38.7 Å². The summed E-state index contributed by atoms with van der Waals surface area (Å²) in [4.78, 5) is 81.2. The van der Waals surface area contributed by atoms with Crippen LogP contribution in [0.3, 0.4) is 0 Å². The van der Waals surface area contributed by atoms with Gasteiger partial charge in [0.25, 0.3) is 0 Å². The lowest BCUT2D eigenvalue weighted by Crippen LogP contribution is -2.68. The zero-order chi connectivity index (χ0) is 70.2. The Morgan fingerprint density at radius 3 is 1.55 bits per heavy atom. The largest absolute Gasteiger partial charge is 0.511 e. The van der Waals surface area contributed by atoms with Crippen molar-refractivity contribution in [2.24, 2.45) is 11.8 Å². The predicted molar refractivity (Wildman–Crippen MR) is 341 cm³/mol. The van der Waals surface area contributed by atoms with Gasteiger partial charge in [-0.1, -0.05) is 13.8 Å². The fourth-order valence-electron chi connectivity index (χ4n) is 17.4. The molecule has 0 saturated carbocycles. The second-order valence-electron chi connectivity index (χ2n) is 27.2. The number of rotatable bonds is 16. The molecule has 0 aromatic heterocycles. The van der Waals surface area contributed by atoms with Gasteiger partial charge in [0.2, 0.25) is 0 Å². The zero-order valence-electron chi connectivity index (χ0n) is 56.1. The van der Waals surface area contributed by atoms with E-state index in [4.69, 9.17) is 52.1 Å². The van der Waals surface area contributed by atoms with E-state index in [-0.39, 0.29) is 48.8 Å². The summed E-state index contributed by atoms with van der Waals surface area (Å²) in [5, 5.41) is 97.8. The lowest BCUT2D eigenvalue weighted by molar-refractivity contribution is -0.351. The molecule has 4 aromatic rings. The SMILES string of the molecule is CC[C@@]1(O[C@H]2C[C@H](OC)[C@@H](OC)[C@H](C)O2)[C@H](O[C@H]2C[C@@H](O)[C@H](N(C)C)[C@@H](C)O2)C2=Cc3c(O)c4c(c(O)c3C2=C(O)[C@@H]1[C@H]1C(=O)c2c(c(=[N+]=[N-])c3c(O)c5c(=O)ccc(=O)c5c(O)c23)[C@@H](O[C@H]2C[C@@H](O)[C@H](N(C)C)[C@@H](C)O2)[C@@]1(CC)O[C@@H]1C[C@@H](OC)[C@H](O)[C@@H](C)O1)C(=O)C=CC4=O. The molecule has 97 heavy (non-hydrogen) atoms. The molecular weight excluding hydrogens is 1270 g/mol. The summed E-state index contributed by atoms with van der Waals surface area (Å²) in [6, 6.07) is 0.502. The molecule has 4 aliphatic heterocycles. The lowest BCUT2D eigenvalue weighted by atomic mass is 9.55. The minimum atomic E-state index is -2.53. The molecule has 4 saturated heterocycles. The highest BCUT2D eigenvalue weighted by molar-refractivity contribution is 6.26. The number of hydrogen-bond acceptors (Lipinski definition) is 26. The maximum atomic E-state index is 17.9. The Morgan fingerprint density at radius 1 is 0.567 bits per heavy atom. The van der Waals surface area contributed by atoms with Gasteiger partial charge in [-0.25, -0.2) is 0 Å². The zero-order valence-corrected chi connectivity index (χ0v) is 56.1. The minimum absolute atomic E-state index is 0.0884. The van der Waals surface area contributed by atoms with Gasteiger partial charge in [0.1, 0.15) is 69.8 Å². The average Bonchev–Trinajstić information content (AvgIpc) is 1.60. The third-order valence-corrected chi connectivity index (χ3v) is 21.6. The number of hydrogen-bond donors (Lipinski definition) is 8. The van der Waals surface area contributed by atoms with Gasteiger partial charge in [0, 0.05) is 74.7 Å². The number of fused-ring (bicyclic) bond motifs is 8. The first-order valence-electron chi connectivity index (χ1n) is 32.7. The Balaban J connectivity index is 1.24. The standard InChI is InChI=1S/C69H84N4O24/c1-14-68(96-42-24-38(88-12)65(89-13)28(6)93-42)53(63(85)44-30(66(68)94-39-21-35(78)56(72(7)8)25(3)90-39)20-29-43(44)60(82)46-32(75)17-16-31(74)45(46)59(29)81)54-64(86)50-49-51(62(84)48-34(77)19-18-33(76)47(48)61(49)83)55(71-70)52(50)67(95-40-22-36(79)57(73(9)10)26(4)91-40)69(54,15-2)97-41-23-37(87-11)58(80)27(5)92-41/h16-20,25-28,35-42,53-54,56-58,65-67,78-85H,14-15,21-24H2,1-13H3/t25-,26-,27-,28+,35-,36-,37-,38+,39+,40+,41-,42+,53+,54+,56-,57-,58-,65+,66-,67-,68+,69+/m1/s1. The lowest BCUT2D eigenvalue weighted by Gasteiger charge is -2.59. The molecule has 8 N–H and O–H groups in total. The molecule has 12 rings (SSSR count). The number of likely N-dealkylation sites (N-methyl/N-ethyl adjacent to an activating group) is 2. The Bertz CT molecular complexity index is 4130. The molecular formula is C69H84N4O24. The Labute approximate surface area is 556 Å². The minimum Gasteiger partial charge on any atom is -0.511 e. The van der Waals surface area contributed by atoms with Crippen LogP contribution in [0.15, 0.2) is 45.2 Å². The topological polar surface area (TPSA) is 392 Å². The first-order valence-corrected chi connectivity index (χ1v) is 32.7. The van der Waals surface area contributed by atoms with E-state index in [0.717, 1.165) is 24.3 Å². The van der Waals surface area contributed by atoms with Gasteiger partial charge in [-0.2, -0.15) is 4.79 Å². The molecule has 0 bridgehead atoms. The number of benzene rings is 3. The number of aliphatic hydroxyl groups is 4. The van der Waals surface area contributed by atoms with Gasteiger partial charge in [0.15, 0.2) is 53.4 Å². The molecule has 0 radical (unpaired) electrons. The molecule has 0 spiro atoms. The number of carbonyl (C=O) groups excluding carboxylic acids is 3. The molecule has 22 atom stereocenters. The third-order valence-electron chi connectivity index (χ3n) is 21.6. The Morgan fingerprint density at radius 2 is 1.05 bits per heavy atom. The van der Waals surface area contributed by atoms with Crippen LogP contribution in [0, 0.1) is 11.8 Å². The number of allylic oxidation sites excluding steroid dienone is 2. The smallest absolute Gasteiger partial charge is 0.333 e. The van der Waals surface area contributed by atoms with Crippen molar-refractivity contribution in [2.75, 3.05) is 49.5 Å². The van der Waals surface area contributed by atoms with Gasteiger partial charge >= 0.3 is 5.36 Å². The number of aliphatic hydroxyl groups excluding tert-OH is 4. The van der Waals surface area contributed by atoms with Crippen molar-refractivity contribution in [3.63, 3.8) is 0 Å². The van der Waals surface area contributed by atoms with E-state index in [1.807, 2.05) is 0 Å². The van der Waals surface area contributed by atoms with Crippen molar-refractivity contribution in [3.8, 4) is 23.0 Å². The number of Topliss-reactive ketones (excluding diaryl/α,β-unsaturated/α-hetero) is 1. The van der Waals surface area contributed by atoms with E-state index in [9.17, 15) is 65.6 Å². The van der Waals surface area contributed by atoms with E-state index in [0.29, 0.717) is 0 Å². The number of phenolic OH excluding ortho intramolecular Hbond substituents is 4. The van der Waals surface area contributed by atoms with Crippen LogP contribution in [0.4, 0.5) is 0 Å². The van der Waals surface area contributed by atoms with Gasteiger partial charge < -0.3 is 108 Å². The quantitative estimate of drug-likeness (QED) is 0.0451. The Hall–Kier alpha value is -6.77. The number of ketones is 3. The molecule has 4 fully saturated rings. The van der Waals surface area contributed by atoms with Crippen molar-refractivity contribution in [2.45, 2.75) is 202 Å². The summed E-state index contributed by atoms with van der Waals surface area (Å²) < 4.78 is 74.5. The molecule has 0 amide bonds. The second kappa shape index (κ2) is 26.1. The first-order chi connectivity index (χ1) is 46.0. The summed E-state index contributed by atoms with van der Waals surface area (Å²) >= 11 is 0. The number of nitrogens with zero attached hydrogens (tertiary/aromatic N) is 4. The van der Waals surface area contributed by atoms with Crippen LogP contribution in [0.5, 0.6) is 23.0 Å². The van der Waals surface area contributed by atoms with Gasteiger partial charge in [0.05, 0.1) is 100 Å².